The molecule has 0 aromatic heterocycles. The smallest absolute Gasteiger partial charge is 0.376 e. The van der Waals surface area contributed by atoms with Crippen molar-refractivity contribution in [3.8, 4) is 0 Å². The number of rotatable bonds is 5. The molecule has 122 valence electrons. The number of carbonyl (C=O) groups is 1. The Morgan fingerprint density at radius 1 is 1.32 bits per heavy atom. The van der Waals surface area contributed by atoms with Crippen molar-refractivity contribution in [3.63, 3.8) is 0 Å². The van der Waals surface area contributed by atoms with Crippen LogP contribution in [0.25, 0.3) is 0 Å². The molecule has 1 aromatic rings. The van der Waals surface area contributed by atoms with E-state index in [9.17, 15) is 23.1 Å². The van der Waals surface area contributed by atoms with E-state index in [2.05, 4.69) is 5.32 Å². The van der Waals surface area contributed by atoms with Crippen LogP contribution in [0.4, 0.5) is 13.2 Å². The molecule has 22 heavy (non-hydrogen) atoms. The van der Waals surface area contributed by atoms with E-state index in [1.807, 2.05) is 0 Å². The zero-order valence-corrected chi connectivity index (χ0v) is 12.7. The minimum absolute atomic E-state index is 0.185. The van der Waals surface area contributed by atoms with Crippen LogP contribution in [-0.4, -0.2) is 34.7 Å². The van der Waals surface area contributed by atoms with Crippen LogP contribution in [-0.2, 0) is 10.4 Å². The Morgan fingerprint density at radius 3 is 2.55 bits per heavy atom. The molecule has 0 aliphatic carbocycles. The maximum absolute atomic E-state index is 13.2. The van der Waals surface area contributed by atoms with Gasteiger partial charge in [-0.2, -0.15) is 13.2 Å². The van der Waals surface area contributed by atoms with Gasteiger partial charge in [0.05, 0.1) is 5.25 Å². The highest BCUT2D eigenvalue weighted by Gasteiger charge is 2.54. The molecule has 1 fully saturated rings. The summed E-state index contributed by atoms with van der Waals surface area (Å²) in [6, 6.07) is 6.95. The van der Waals surface area contributed by atoms with Crippen LogP contribution in [0.3, 0.4) is 0 Å². The normalized spacial score (nSPS) is 21.4. The van der Waals surface area contributed by atoms with E-state index in [1.165, 1.54) is 36.0 Å². The number of hydrogen-bond acceptors (Lipinski definition) is 3. The van der Waals surface area contributed by atoms with Crippen molar-refractivity contribution in [2.24, 2.45) is 0 Å². The first-order valence-electron chi connectivity index (χ1n) is 7.08. The number of carbonyl (C=O) groups excluding carboxylic acids is 1. The number of amides is 1. The number of hydrogen-bond donors (Lipinski definition) is 2. The van der Waals surface area contributed by atoms with Crippen LogP contribution >= 0.6 is 11.8 Å². The zero-order valence-electron chi connectivity index (χ0n) is 11.9. The second kappa shape index (κ2) is 6.91. The first-order valence-corrected chi connectivity index (χ1v) is 8.13. The summed E-state index contributed by atoms with van der Waals surface area (Å²) >= 11 is 1.51. The van der Waals surface area contributed by atoms with Crippen LogP contribution in [0.5, 0.6) is 0 Å². The molecular weight excluding hydrogens is 315 g/mol. The molecule has 0 spiro atoms. The van der Waals surface area contributed by atoms with Gasteiger partial charge in [-0.1, -0.05) is 30.3 Å². The van der Waals surface area contributed by atoms with E-state index in [-0.39, 0.29) is 23.3 Å². The fourth-order valence-electron chi connectivity index (χ4n) is 2.43. The molecule has 1 saturated heterocycles. The summed E-state index contributed by atoms with van der Waals surface area (Å²) in [5.41, 5.74) is -3.17. The molecule has 0 radical (unpaired) electrons. The Kier molecular flexibility index (Phi) is 5.39. The molecule has 1 aromatic carbocycles. The largest absolute Gasteiger partial charge is 0.421 e. The van der Waals surface area contributed by atoms with E-state index in [4.69, 9.17) is 0 Å². The minimum atomic E-state index is -4.80. The molecular formula is C15H18F3NO2S. The predicted molar refractivity (Wildman–Crippen MR) is 79.5 cm³/mol. The quantitative estimate of drug-likeness (QED) is 0.871. The van der Waals surface area contributed by atoms with Crippen LogP contribution < -0.4 is 5.32 Å². The molecule has 0 bridgehead atoms. The van der Waals surface area contributed by atoms with E-state index >= 15 is 0 Å². The highest BCUT2D eigenvalue weighted by Crippen LogP contribution is 2.41. The average Bonchev–Trinajstić information content (AvgIpc) is 3.01. The first kappa shape index (κ1) is 17.1. The molecule has 2 rings (SSSR count). The van der Waals surface area contributed by atoms with Gasteiger partial charge in [0.2, 0.25) is 5.91 Å². The van der Waals surface area contributed by atoms with Gasteiger partial charge in [-0.3, -0.25) is 4.79 Å². The molecule has 2 N–H and O–H groups in total. The number of aliphatic hydroxyl groups is 1. The van der Waals surface area contributed by atoms with Crippen molar-refractivity contribution in [1.82, 2.24) is 5.32 Å². The van der Waals surface area contributed by atoms with Gasteiger partial charge in [0.15, 0.2) is 5.60 Å². The molecule has 1 aliphatic heterocycles. The van der Waals surface area contributed by atoms with Crippen LogP contribution in [0.2, 0.25) is 0 Å². The lowest BCUT2D eigenvalue weighted by atomic mass is 9.89. The molecule has 3 nitrogen and oxygen atoms in total. The summed E-state index contributed by atoms with van der Waals surface area (Å²) in [6.07, 6.45) is -3.72. The van der Waals surface area contributed by atoms with E-state index in [0.717, 1.165) is 18.6 Å². The number of halogens is 3. The second-order valence-corrected chi connectivity index (χ2v) is 6.58. The standard InChI is InChI=1S/C15H18F3NO2S/c16-15(17,18)14(21,11-5-2-1-3-6-11)8-9-19-13(20)12-7-4-10-22-12/h1-3,5-6,12,21H,4,7-10H2,(H,19,20)/t12-,14+/m0/s1. The van der Waals surface area contributed by atoms with Gasteiger partial charge in [-0.25, -0.2) is 0 Å². The highest BCUT2D eigenvalue weighted by atomic mass is 32.2. The summed E-state index contributed by atoms with van der Waals surface area (Å²) in [5.74, 6) is 0.647. The Labute approximate surface area is 131 Å². The van der Waals surface area contributed by atoms with Crippen molar-refractivity contribution in [3.05, 3.63) is 35.9 Å². The molecule has 7 heteroatoms. The third-order valence-electron chi connectivity index (χ3n) is 3.73. The fourth-order valence-corrected chi connectivity index (χ4v) is 3.61. The summed E-state index contributed by atoms with van der Waals surface area (Å²) < 4.78 is 39.7. The molecule has 1 heterocycles. The number of nitrogens with one attached hydrogen (secondary N) is 1. The van der Waals surface area contributed by atoms with Gasteiger partial charge in [0.25, 0.3) is 0 Å². The SMILES string of the molecule is O=C(NCC[C@@](O)(c1ccccc1)C(F)(F)F)[C@@H]1CCCS1. The lowest BCUT2D eigenvalue weighted by molar-refractivity contribution is -0.268. The Morgan fingerprint density at radius 2 is 2.00 bits per heavy atom. The van der Waals surface area contributed by atoms with Crippen molar-refractivity contribution >= 4 is 17.7 Å². The third kappa shape index (κ3) is 3.76. The molecule has 0 saturated carbocycles. The van der Waals surface area contributed by atoms with Gasteiger partial charge in [0, 0.05) is 13.0 Å². The molecule has 2 atom stereocenters. The van der Waals surface area contributed by atoms with E-state index in [0.29, 0.717) is 0 Å². The van der Waals surface area contributed by atoms with Crippen LogP contribution in [0, 0.1) is 0 Å². The van der Waals surface area contributed by atoms with Gasteiger partial charge >= 0.3 is 6.18 Å². The third-order valence-corrected chi connectivity index (χ3v) is 5.10. The summed E-state index contributed by atoms with van der Waals surface area (Å²) in [6.45, 7) is -0.221. The van der Waals surface area contributed by atoms with Crippen LogP contribution in [0.1, 0.15) is 24.8 Å². The van der Waals surface area contributed by atoms with Gasteiger partial charge in [-0.15, -0.1) is 11.8 Å². The lowest BCUT2D eigenvalue weighted by Crippen LogP contribution is -2.45. The van der Waals surface area contributed by atoms with Gasteiger partial charge in [-0.05, 0) is 24.2 Å². The minimum Gasteiger partial charge on any atom is -0.376 e. The number of benzene rings is 1. The maximum atomic E-state index is 13.2. The number of thioether (sulfide) groups is 1. The second-order valence-electron chi connectivity index (χ2n) is 5.27. The van der Waals surface area contributed by atoms with E-state index in [1.54, 1.807) is 6.07 Å². The Bertz CT molecular complexity index is 503. The summed E-state index contributed by atoms with van der Waals surface area (Å²) in [7, 11) is 0. The molecule has 1 aliphatic rings. The molecule has 0 unspecified atom stereocenters. The predicted octanol–water partition coefficient (Wildman–Crippen LogP) is 2.84. The summed E-state index contributed by atoms with van der Waals surface area (Å²) in [5, 5.41) is 12.4. The van der Waals surface area contributed by atoms with Crippen molar-refractivity contribution in [1.29, 1.82) is 0 Å². The van der Waals surface area contributed by atoms with Crippen molar-refractivity contribution in [2.45, 2.75) is 36.3 Å². The zero-order chi connectivity index (χ0) is 16.2. The monoisotopic (exact) mass is 333 g/mol. The van der Waals surface area contributed by atoms with Crippen LogP contribution in [0.15, 0.2) is 30.3 Å². The lowest BCUT2D eigenvalue weighted by Gasteiger charge is -2.31. The number of alkyl halides is 3. The van der Waals surface area contributed by atoms with Crippen molar-refractivity contribution < 1.29 is 23.1 Å². The summed E-state index contributed by atoms with van der Waals surface area (Å²) in [4.78, 5) is 11.8. The van der Waals surface area contributed by atoms with Gasteiger partial charge in [0.1, 0.15) is 0 Å². The first-order chi connectivity index (χ1) is 10.3. The highest BCUT2D eigenvalue weighted by molar-refractivity contribution is 8.00. The topological polar surface area (TPSA) is 49.3 Å². The van der Waals surface area contributed by atoms with Crippen molar-refractivity contribution in [2.75, 3.05) is 12.3 Å². The average molecular weight is 333 g/mol. The Balaban J connectivity index is 2.00. The van der Waals surface area contributed by atoms with Gasteiger partial charge < -0.3 is 10.4 Å². The Hall–Kier alpha value is -1.21. The molecule has 1 amide bonds. The van der Waals surface area contributed by atoms with E-state index < -0.39 is 18.2 Å². The fraction of sp³-hybridized carbons (Fsp3) is 0.533. The maximum Gasteiger partial charge on any atom is 0.421 e.